The van der Waals surface area contributed by atoms with E-state index in [1.165, 1.54) is 0 Å². The predicted octanol–water partition coefficient (Wildman–Crippen LogP) is 2.97. The molecule has 10 nitrogen and oxygen atoms in total. The van der Waals surface area contributed by atoms with Crippen LogP contribution in [0.5, 0.6) is 0 Å². The molecule has 0 atom stereocenters. The number of aromatic amines is 1. The van der Waals surface area contributed by atoms with Crippen molar-refractivity contribution >= 4 is 46.5 Å². The third-order valence-corrected chi connectivity index (χ3v) is 6.74. The molecule has 2 saturated heterocycles. The Morgan fingerprint density at radius 1 is 1.06 bits per heavy atom. The molecule has 35 heavy (non-hydrogen) atoms. The molecular weight excluding hydrogens is 468 g/mol. The van der Waals surface area contributed by atoms with E-state index < -0.39 is 0 Å². The van der Waals surface area contributed by atoms with Crippen LogP contribution in [0.1, 0.15) is 32.1 Å². The summed E-state index contributed by atoms with van der Waals surface area (Å²) in [5.74, 6) is 1.41. The van der Waals surface area contributed by atoms with Gasteiger partial charge >= 0.3 is 0 Å². The van der Waals surface area contributed by atoms with Gasteiger partial charge in [-0.15, -0.1) is 12.4 Å². The van der Waals surface area contributed by atoms with Crippen molar-refractivity contribution in [1.82, 2.24) is 20.2 Å². The summed E-state index contributed by atoms with van der Waals surface area (Å²) in [4.78, 5) is 26.3. The first-order valence-electron chi connectivity index (χ1n) is 11.8. The molecule has 2 fully saturated rings. The molecule has 5 rings (SSSR count). The molecule has 2 aliphatic rings. The minimum atomic E-state index is -0.345. The summed E-state index contributed by atoms with van der Waals surface area (Å²) < 4.78 is 0. The fourth-order valence-corrected chi connectivity index (χ4v) is 4.71. The lowest BCUT2D eigenvalue weighted by atomic mass is 9.94. The maximum atomic E-state index is 12.6. The van der Waals surface area contributed by atoms with Gasteiger partial charge in [0, 0.05) is 44.0 Å². The Balaban J connectivity index is 0.00000289. The average molecular weight is 497 g/mol. The van der Waals surface area contributed by atoms with Gasteiger partial charge in [-0.3, -0.25) is 4.79 Å². The predicted molar refractivity (Wildman–Crippen MR) is 138 cm³/mol. The third-order valence-electron chi connectivity index (χ3n) is 6.74. The quantitative estimate of drug-likeness (QED) is 0.487. The number of aliphatic hydroxyl groups excluding tert-OH is 1. The minimum absolute atomic E-state index is 0. The van der Waals surface area contributed by atoms with Crippen LogP contribution in [0, 0.1) is 17.2 Å². The average Bonchev–Trinajstić information content (AvgIpc) is 2.86. The summed E-state index contributed by atoms with van der Waals surface area (Å²) in [5, 5.41) is 28.8. The van der Waals surface area contributed by atoms with Crippen molar-refractivity contribution in [2.75, 3.05) is 41.3 Å². The van der Waals surface area contributed by atoms with Gasteiger partial charge in [-0.2, -0.15) is 15.3 Å². The first-order chi connectivity index (χ1) is 16.6. The van der Waals surface area contributed by atoms with Crippen molar-refractivity contribution in [3.63, 3.8) is 0 Å². The maximum Gasteiger partial charge on any atom is 0.277 e. The van der Waals surface area contributed by atoms with E-state index in [0.29, 0.717) is 35.0 Å². The van der Waals surface area contributed by atoms with Crippen molar-refractivity contribution in [3.8, 4) is 6.07 Å². The number of rotatable bonds is 5. The molecule has 0 aliphatic carbocycles. The number of nitrogens with zero attached hydrogens (tertiary/aromatic N) is 6. The first kappa shape index (κ1) is 24.7. The Hall–Kier alpha value is -3.42. The molecule has 3 N–H and O–H groups in total. The van der Waals surface area contributed by atoms with Crippen LogP contribution in [0.15, 0.2) is 35.3 Å². The van der Waals surface area contributed by atoms with E-state index in [4.69, 9.17) is 10.2 Å². The number of nitrogens with one attached hydrogen (secondary N) is 2. The molecule has 3 aromatic rings. The van der Waals surface area contributed by atoms with Crippen LogP contribution in [-0.2, 0) is 0 Å². The highest BCUT2D eigenvalue weighted by Gasteiger charge is 2.23. The number of hydrogen-bond donors (Lipinski definition) is 3. The van der Waals surface area contributed by atoms with E-state index >= 15 is 0 Å². The molecule has 11 heteroatoms. The standard InChI is InChI=1S/C24H28N8O2.ClH/c25-10-5-16-6-11-32(12-7-16)24-28-20-15-26-30-23(34)21(20)22(29-24)27-17-1-3-18(4-2-17)31-13-8-19(33)9-14-31;/h1-4,15-16,19,33H,5-9,11-14H2,(H,30,34)(H,27,28,29);1H. The van der Waals surface area contributed by atoms with Gasteiger partial charge in [0.15, 0.2) is 0 Å². The molecule has 2 aromatic heterocycles. The van der Waals surface area contributed by atoms with E-state index in [9.17, 15) is 9.90 Å². The molecule has 0 amide bonds. The molecule has 0 bridgehead atoms. The van der Waals surface area contributed by atoms with Crippen LogP contribution < -0.4 is 20.7 Å². The monoisotopic (exact) mass is 496 g/mol. The summed E-state index contributed by atoms with van der Waals surface area (Å²) in [6.07, 6.45) is 5.30. The summed E-state index contributed by atoms with van der Waals surface area (Å²) in [5.41, 5.74) is 2.06. The van der Waals surface area contributed by atoms with Gasteiger partial charge in [0.1, 0.15) is 16.7 Å². The number of aromatic nitrogens is 4. The number of piperidine rings is 2. The zero-order valence-electron chi connectivity index (χ0n) is 19.4. The summed E-state index contributed by atoms with van der Waals surface area (Å²) in [7, 11) is 0. The van der Waals surface area contributed by atoms with Crippen LogP contribution in [0.25, 0.3) is 10.9 Å². The molecule has 0 unspecified atom stereocenters. The largest absolute Gasteiger partial charge is 0.393 e. The molecule has 1 aromatic carbocycles. The number of halogens is 1. The lowest BCUT2D eigenvalue weighted by Gasteiger charge is -2.31. The van der Waals surface area contributed by atoms with E-state index in [1.54, 1.807) is 6.20 Å². The van der Waals surface area contributed by atoms with Crippen molar-refractivity contribution < 1.29 is 5.11 Å². The highest BCUT2D eigenvalue weighted by atomic mass is 35.5. The number of H-pyrrole nitrogens is 1. The van der Waals surface area contributed by atoms with Gasteiger partial charge in [-0.05, 0) is 55.9 Å². The van der Waals surface area contributed by atoms with Crippen molar-refractivity contribution in [2.24, 2.45) is 5.92 Å². The highest BCUT2D eigenvalue weighted by molar-refractivity contribution is 5.90. The van der Waals surface area contributed by atoms with E-state index in [-0.39, 0.29) is 24.1 Å². The van der Waals surface area contributed by atoms with E-state index in [1.807, 2.05) is 24.3 Å². The zero-order chi connectivity index (χ0) is 23.5. The van der Waals surface area contributed by atoms with Gasteiger partial charge < -0.3 is 20.2 Å². The Labute approximate surface area is 209 Å². The Morgan fingerprint density at radius 3 is 2.43 bits per heavy atom. The summed E-state index contributed by atoms with van der Waals surface area (Å²) in [6, 6.07) is 10.3. The van der Waals surface area contributed by atoms with E-state index in [0.717, 1.165) is 63.2 Å². The second-order valence-corrected chi connectivity index (χ2v) is 9.01. The number of anilines is 4. The smallest absolute Gasteiger partial charge is 0.277 e. The number of aliphatic hydroxyl groups is 1. The first-order valence-corrected chi connectivity index (χ1v) is 11.8. The molecule has 184 valence electrons. The molecule has 2 aliphatic heterocycles. The SMILES string of the molecule is Cl.N#CCC1CCN(c2nc(Nc3ccc(N4CCC(O)CC4)cc3)c3c(=O)[nH]ncc3n2)CC1. The Bertz CT molecular complexity index is 1240. The third kappa shape index (κ3) is 5.47. The van der Waals surface area contributed by atoms with Crippen molar-refractivity contribution in [2.45, 2.75) is 38.2 Å². The lowest BCUT2D eigenvalue weighted by molar-refractivity contribution is 0.145. The van der Waals surface area contributed by atoms with Gasteiger partial charge in [-0.1, -0.05) is 0 Å². The summed E-state index contributed by atoms with van der Waals surface area (Å²) in [6.45, 7) is 3.21. The van der Waals surface area contributed by atoms with Crippen LogP contribution >= 0.6 is 12.4 Å². The number of nitriles is 1. The lowest BCUT2D eigenvalue weighted by Crippen LogP contribution is -2.35. The van der Waals surface area contributed by atoms with E-state index in [2.05, 4.69) is 36.4 Å². The molecule has 0 radical (unpaired) electrons. The fourth-order valence-electron chi connectivity index (χ4n) is 4.71. The topological polar surface area (TPSA) is 134 Å². The number of hydrogen-bond acceptors (Lipinski definition) is 9. The zero-order valence-corrected chi connectivity index (χ0v) is 20.2. The number of fused-ring (bicyclic) bond motifs is 1. The second-order valence-electron chi connectivity index (χ2n) is 9.01. The van der Waals surface area contributed by atoms with Gasteiger partial charge in [-0.25, -0.2) is 10.1 Å². The second kappa shape index (κ2) is 10.9. The van der Waals surface area contributed by atoms with Gasteiger partial charge in [0.05, 0.1) is 18.4 Å². The Morgan fingerprint density at radius 2 is 1.74 bits per heavy atom. The van der Waals surface area contributed by atoms with Gasteiger partial charge in [0.2, 0.25) is 5.95 Å². The molecule has 0 spiro atoms. The fraction of sp³-hybridized carbons (Fsp3) is 0.458. The summed E-state index contributed by atoms with van der Waals surface area (Å²) >= 11 is 0. The van der Waals surface area contributed by atoms with Crippen molar-refractivity contribution in [3.05, 3.63) is 40.8 Å². The molecular formula is C24H29ClN8O2. The normalized spacial score (nSPS) is 17.1. The maximum absolute atomic E-state index is 12.6. The van der Waals surface area contributed by atoms with Crippen LogP contribution in [0.2, 0.25) is 0 Å². The van der Waals surface area contributed by atoms with Crippen LogP contribution in [0.4, 0.5) is 23.1 Å². The Kier molecular flexibility index (Phi) is 7.68. The molecule has 4 heterocycles. The molecule has 0 saturated carbocycles. The highest BCUT2D eigenvalue weighted by Crippen LogP contribution is 2.28. The number of benzene rings is 1. The van der Waals surface area contributed by atoms with Crippen LogP contribution in [0.3, 0.4) is 0 Å². The minimum Gasteiger partial charge on any atom is -0.393 e. The van der Waals surface area contributed by atoms with Gasteiger partial charge in [0.25, 0.3) is 5.56 Å². The van der Waals surface area contributed by atoms with Crippen molar-refractivity contribution in [1.29, 1.82) is 5.26 Å². The van der Waals surface area contributed by atoms with Crippen LogP contribution in [-0.4, -0.2) is 57.6 Å².